The molecule has 5 rings (SSSR count). The molecule has 2 nitrogen and oxygen atoms in total. The summed E-state index contributed by atoms with van der Waals surface area (Å²) in [6.45, 7) is 4.37. The highest BCUT2D eigenvalue weighted by molar-refractivity contribution is 5.87. The molecule has 3 heteroatoms. The van der Waals surface area contributed by atoms with Crippen molar-refractivity contribution >= 4 is 10.9 Å². The molecule has 2 heterocycles. The van der Waals surface area contributed by atoms with E-state index < -0.39 is 0 Å². The summed E-state index contributed by atoms with van der Waals surface area (Å²) in [5, 5.41) is 1.44. The van der Waals surface area contributed by atoms with Crippen LogP contribution in [0.3, 0.4) is 0 Å². The summed E-state index contributed by atoms with van der Waals surface area (Å²) in [7, 11) is 2.22. The molecule has 1 aliphatic heterocycles. The Balaban J connectivity index is 1.55. The summed E-state index contributed by atoms with van der Waals surface area (Å²) in [4.78, 5) is 2.43. The van der Waals surface area contributed by atoms with Gasteiger partial charge in [-0.25, -0.2) is 4.39 Å². The molecule has 2 aliphatic carbocycles. The summed E-state index contributed by atoms with van der Waals surface area (Å²) in [6.07, 6.45) is 8.72. The molecular weight excluding hydrogens is 311 g/mol. The smallest absolute Gasteiger partial charge is 0.118 e. The second-order valence-electron chi connectivity index (χ2n) is 8.12. The molecule has 0 spiro atoms. The summed E-state index contributed by atoms with van der Waals surface area (Å²) < 4.78 is 15.9. The van der Waals surface area contributed by atoms with E-state index >= 15 is 0 Å². The quantitative estimate of drug-likeness (QED) is 0.755. The molecule has 0 saturated heterocycles. The number of aromatic nitrogens is 1. The Hall–Kier alpha value is -1.87. The number of likely N-dealkylation sites (N-methyl/N-ethyl adjacent to an activating group) is 1. The van der Waals surface area contributed by atoms with Crippen molar-refractivity contribution < 1.29 is 4.39 Å². The Morgan fingerprint density at radius 1 is 1.24 bits per heavy atom. The van der Waals surface area contributed by atoms with Crippen LogP contribution in [-0.4, -0.2) is 23.1 Å². The molecule has 1 saturated carbocycles. The highest BCUT2D eigenvalue weighted by atomic mass is 19.1. The SMILES string of the molecule is Cc1ccc2c(c1)c1c(n2[C@@H]2C[C@H]2C2C=CC(F)=CC2)CCN(C)C1. The average molecular weight is 336 g/mol. The minimum absolute atomic E-state index is 0.0734. The molecule has 1 aromatic heterocycles. The Morgan fingerprint density at radius 2 is 2.12 bits per heavy atom. The zero-order chi connectivity index (χ0) is 17.1. The van der Waals surface area contributed by atoms with Crippen LogP contribution in [0.15, 0.2) is 42.3 Å². The van der Waals surface area contributed by atoms with Gasteiger partial charge >= 0.3 is 0 Å². The number of aryl methyl sites for hydroxylation is 1. The van der Waals surface area contributed by atoms with Gasteiger partial charge in [-0.2, -0.15) is 0 Å². The summed E-state index contributed by atoms with van der Waals surface area (Å²) in [5.41, 5.74) is 5.82. The molecule has 0 bridgehead atoms. The highest BCUT2D eigenvalue weighted by Crippen LogP contribution is 2.53. The minimum atomic E-state index is -0.0734. The van der Waals surface area contributed by atoms with Gasteiger partial charge in [-0.3, -0.25) is 0 Å². The van der Waals surface area contributed by atoms with Crippen LogP contribution in [0, 0.1) is 18.8 Å². The Labute approximate surface area is 148 Å². The van der Waals surface area contributed by atoms with Gasteiger partial charge in [-0.15, -0.1) is 0 Å². The molecule has 3 aliphatic rings. The van der Waals surface area contributed by atoms with Gasteiger partial charge in [-0.1, -0.05) is 17.7 Å². The van der Waals surface area contributed by atoms with E-state index in [1.165, 1.54) is 28.5 Å². The fourth-order valence-electron chi connectivity index (χ4n) is 4.91. The number of benzene rings is 1. The lowest BCUT2D eigenvalue weighted by Gasteiger charge is -2.24. The predicted octanol–water partition coefficient (Wildman–Crippen LogP) is 4.93. The maximum Gasteiger partial charge on any atom is 0.118 e. The number of hydrogen-bond acceptors (Lipinski definition) is 1. The predicted molar refractivity (Wildman–Crippen MR) is 100 cm³/mol. The number of hydrogen-bond donors (Lipinski definition) is 0. The van der Waals surface area contributed by atoms with Gasteiger partial charge in [0.2, 0.25) is 0 Å². The molecule has 0 amide bonds. The molecule has 1 aromatic carbocycles. The van der Waals surface area contributed by atoms with Gasteiger partial charge in [-0.05, 0) is 68.5 Å². The second kappa shape index (κ2) is 5.57. The van der Waals surface area contributed by atoms with Gasteiger partial charge < -0.3 is 9.47 Å². The third-order valence-corrected chi connectivity index (χ3v) is 6.31. The molecule has 1 unspecified atom stereocenters. The van der Waals surface area contributed by atoms with E-state index in [-0.39, 0.29) is 5.83 Å². The van der Waals surface area contributed by atoms with Crippen molar-refractivity contribution in [2.45, 2.75) is 38.8 Å². The molecular formula is C22H25FN2. The fourth-order valence-corrected chi connectivity index (χ4v) is 4.91. The molecule has 25 heavy (non-hydrogen) atoms. The standard InChI is InChI=1S/C22H25FN2/c1-14-3-8-20-18(11-14)19-13-24(2)10-9-21(19)25(20)22-12-17(22)15-4-6-16(23)7-5-15/h3-4,6-8,11,15,17,22H,5,9-10,12-13H2,1-2H3/t15?,17-,22+/m0/s1. The van der Waals surface area contributed by atoms with Crippen LogP contribution in [0.2, 0.25) is 0 Å². The van der Waals surface area contributed by atoms with E-state index in [0.717, 1.165) is 25.9 Å². The van der Waals surface area contributed by atoms with Gasteiger partial charge in [0.05, 0.1) is 0 Å². The van der Waals surface area contributed by atoms with Crippen molar-refractivity contribution in [3.8, 4) is 0 Å². The van der Waals surface area contributed by atoms with E-state index in [1.807, 2.05) is 0 Å². The molecule has 0 N–H and O–H groups in total. The van der Waals surface area contributed by atoms with Crippen LogP contribution in [0.4, 0.5) is 4.39 Å². The second-order valence-corrected chi connectivity index (χ2v) is 8.12. The zero-order valence-corrected chi connectivity index (χ0v) is 15.0. The largest absolute Gasteiger partial charge is 0.341 e. The first-order chi connectivity index (χ1) is 12.1. The van der Waals surface area contributed by atoms with E-state index in [9.17, 15) is 4.39 Å². The van der Waals surface area contributed by atoms with E-state index in [1.54, 1.807) is 17.8 Å². The molecule has 1 fully saturated rings. The first-order valence-corrected chi connectivity index (χ1v) is 9.46. The van der Waals surface area contributed by atoms with Gasteiger partial charge in [0.15, 0.2) is 0 Å². The monoisotopic (exact) mass is 336 g/mol. The summed E-state index contributed by atoms with van der Waals surface area (Å²) in [5.74, 6) is 1.08. The van der Waals surface area contributed by atoms with Crippen LogP contribution < -0.4 is 0 Å². The lowest BCUT2D eigenvalue weighted by molar-refractivity contribution is 0.308. The molecule has 130 valence electrons. The van der Waals surface area contributed by atoms with Crippen molar-refractivity contribution in [2.24, 2.45) is 11.8 Å². The van der Waals surface area contributed by atoms with E-state index in [4.69, 9.17) is 0 Å². The van der Waals surface area contributed by atoms with Crippen molar-refractivity contribution in [1.29, 1.82) is 0 Å². The summed E-state index contributed by atoms with van der Waals surface area (Å²) >= 11 is 0. The van der Waals surface area contributed by atoms with Gasteiger partial charge in [0.1, 0.15) is 5.83 Å². The van der Waals surface area contributed by atoms with Crippen LogP contribution >= 0.6 is 0 Å². The third kappa shape index (κ3) is 2.48. The lowest BCUT2D eigenvalue weighted by Crippen LogP contribution is -2.27. The Kier molecular flexibility index (Phi) is 3.43. The maximum absolute atomic E-state index is 13.3. The topological polar surface area (TPSA) is 8.17 Å². The molecule has 2 aromatic rings. The van der Waals surface area contributed by atoms with E-state index in [0.29, 0.717) is 17.9 Å². The normalized spacial score (nSPS) is 28.9. The number of nitrogens with zero attached hydrogens (tertiary/aromatic N) is 2. The molecule has 0 radical (unpaired) electrons. The fraction of sp³-hybridized carbons (Fsp3) is 0.455. The van der Waals surface area contributed by atoms with E-state index in [2.05, 4.69) is 47.7 Å². The molecule has 3 atom stereocenters. The highest BCUT2D eigenvalue weighted by Gasteiger charge is 2.45. The number of halogens is 1. The van der Waals surface area contributed by atoms with Crippen molar-refractivity contribution in [1.82, 2.24) is 9.47 Å². The van der Waals surface area contributed by atoms with Crippen LogP contribution in [-0.2, 0) is 13.0 Å². The number of allylic oxidation sites excluding steroid dienone is 4. The first-order valence-electron chi connectivity index (χ1n) is 9.46. The van der Waals surface area contributed by atoms with Crippen molar-refractivity contribution in [2.75, 3.05) is 13.6 Å². The van der Waals surface area contributed by atoms with Gasteiger partial charge in [0, 0.05) is 42.1 Å². The third-order valence-electron chi connectivity index (χ3n) is 6.31. The van der Waals surface area contributed by atoms with Crippen molar-refractivity contribution in [3.63, 3.8) is 0 Å². The van der Waals surface area contributed by atoms with Crippen LogP contribution in [0.5, 0.6) is 0 Å². The first kappa shape index (κ1) is 15.4. The Morgan fingerprint density at radius 3 is 2.92 bits per heavy atom. The number of rotatable bonds is 2. The maximum atomic E-state index is 13.3. The van der Waals surface area contributed by atoms with Crippen molar-refractivity contribution in [3.05, 3.63) is 59.1 Å². The zero-order valence-electron chi connectivity index (χ0n) is 15.0. The lowest BCUT2D eigenvalue weighted by atomic mass is 9.95. The minimum Gasteiger partial charge on any atom is -0.341 e. The van der Waals surface area contributed by atoms with Gasteiger partial charge in [0.25, 0.3) is 0 Å². The Bertz CT molecular complexity index is 904. The average Bonchev–Trinajstić information content (AvgIpc) is 3.32. The number of fused-ring (bicyclic) bond motifs is 3. The van der Waals surface area contributed by atoms with Crippen LogP contribution in [0.25, 0.3) is 10.9 Å². The van der Waals surface area contributed by atoms with Crippen LogP contribution in [0.1, 0.15) is 35.7 Å². The summed E-state index contributed by atoms with van der Waals surface area (Å²) in [6, 6.07) is 7.50.